The number of ether oxygens (including phenoxy) is 1. The first-order valence-electron chi connectivity index (χ1n) is 9.00. The third-order valence-electron chi connectivity index (χ3n) is 4.96. The molecule has 0 aromatic heterocycles. The van der Waals surface area contributed by atoms with Gasteiger partial charge in [0, 0.05) is 30.6 Å². The van der Waals surface area contributed by atoms with Crippen molar-refractivity contribution in [2.45, 2.75) is 30.1 Å². The van der Waals surface area contributed by atoms with E-state index in [1.54, 1.807) is 11.0 Å². The van der Waals surface area contributed by atoms with Crippen LogP contribution in [0.4, 0.5) is 18.0 Å². The van der Waals surface area contributed by atoms with Crippen LogP contribution in [0.3, 0.4) is 0 Å². The number of hydrogen-bond acceptors (Lipinski definition) is 4. The van der Waals surface area contributed by atoms with Gasteiger partial charge in [-0.1, -0.05) is 36.4 Å². The highest BCUT2D eigenvalue weighted by Crippen LogP contribution is 2.40. The summed E-state index contributed by atoms with van der Waals surface area (Å²) in [5.41, 5.74) is 1.19. The fourth-order valence-corrected chi connectivity index (χ4v) is 4.63. The van der Waals surface area contributed by atoms with Crippen molar-refractivity contribution in [3.05, 3.63) is 65.2 Å². The Morgan fingerprint density at radius 1 is 1.14 bits per heavy atom. The standard InChI is InChI=1S/C20H19F3N2O2S/c21-20(22,23)16-7-6-15-10-17-12-24(8-9-25(17)28-18(15)11-16)19(26)27-13-14-4-2-1-3-5-14/h1-7,11,17H,8-10,12-13H2. The summed E-state index contributed by atoms with van der Waals surface area (Å²) in [5, 5.41) is 0. The second-order valence-electron chi connectivity index (χ2n) is 6.90. The second-order valence-corrected chi connectivity index (χ2v) is 7.99. The zero-order chi connectivity index (χ0) is 19.7. The van der Waals surface area contributed by atoms with E-state index in [0.717, 1.165) is 17.2 Å². The summed E-state index contributed by atoms with van der Waals surface area (Å²) >= 11 is 1.35. The highest BCUT2D eigenvalue weighted by molar-refractivity contribution is 7.97. The van der Waals surface area contributed by atoms with Crippen molar-refractivity contribution in [1.29, 1.82) is 0 Å². The number of piperazine rings is 1. The van der Waals surface area contributed by atoms with Gasteiger partial charge in [0.25, 0.3) is 0 Å². The van der Waals surface area contributed by atoms with Crippen molar-refractivity contribution in [1.82, 2.24) is 9.21 Å². The van der Waals surface area contributed by atoms with Gasteiger partial charge in [0.05, 0.1) is 5.56 Å². The molecule has 2 aromatic rings. The fourth-order valence-electron chi connectivity index (χ4n) is 3.47. The number of halogens is 3. The van der Waals surface area contributed by atoms with Crippen molar-refractivity contribution < 1.29 is 22.7 Å². The van der Waals surface area contributed by atoms with Crippen molar-refractivity contribution in [2.24, 2.45) is 0 Å². The average molecular weight is 408 g/mol. The van der Waals surface area contributed by atoms with Gasteiger partial charge in [0.2, 0.25) is 0 Å². The average Bonchev–Trinajstić information content (AvgIpc) is 2.69. The third kappa shape index (κ3) is 4.12. The van der Waals surface area contributed by atoms with Gasteiger partial charge in [0.15, 0.2) is 0 Å². The summed E-state index contributed by atoms with van der Waals surface area (Å²) in [6, 6.07) is 13.4. The fraction of sp³-hybridized carbons (Fsp3) is 0.350. The summed E-state index contributed by atoms with van der Waals surface area (Å²) in [6.07, 6.45) is -4.08. The Morgan fingerprint density at radius 3 is 2.68 bits per heavy atom. The lowest BCUT2D eigenvalue weighted by molar-refractivity contribution is -0.137. The molecule has 2 aliphatic rings. The van der Waals surface area contributed by atoms with E-state index in [4.69, 9.17) is 4.74 Å². The van der Waals surface area contributed by atoms with Crippen LogP contribution in [0.5, 0.6) is 0 Å². The van der Waals surface area contributed by atoms with Crippen LogP contribution in [0.25, 0.3) is 0 Å². The molecule has 2 aliphatic heterocycles. The Labute approximate surface area is 165 Å². The molecule has 1 amide bonds. The van der Waals surface area contributed by atoms with Crippen molar-refractivity contribution in [3.63, 3.8) is 0 Å². The molecule has 0 saturated carbocycles. The lowest BCUT2D eigenvalue weighted by Gasteiger charge is -2.43. The lowest BCUT2D eigenvalue weighted by atomic mass is 10.0. The van der Waals surface area contributed by atoms with Gasteiger partial charge in [0.1, 0.15) is 6.61 Å². The Bertz CT molecular complexity index is 860. The predicted molar refractivity (Wildman–Crippen MR) is 99.7 cm³/mol. The summed E-state index contributed by atoms with van der Waals surface area (Å²) < 4.78 is 46.3. The van der Waals surface area contributed by atoms with Crippen molar-refractivity contribution >= 4 is 18.0 Å². The van der Waals surface area contributed by atoms with E-state index in [1.807, 2.05) is 30.3 Å². The molecule has 1 saturated heterocycles. The molecule has 4 rings (SSSR count). The first-order chi connectivity index (χ1) is 13.4. The molecule has 1 atom stereocenters. The zero-order valence-electron chi connectivity index (χ0n) is 15.0. The molecule has 0 aliphatic carbocycles. The van der Waals surface area contributed by atoms with Gasteiger partial charge in [-0.3, -0.25) is 0 Å². The molecular weight excluding hydrogens is 389 g/mol. The van der Waals surface area contributed by atoms with Gasteiger partial charge in [-0.15, -0.1) is 0 Å². The summed E-state index contributed by atoms with van der Waals surface area (Å²) in [6.45, 7) is 1.81. The number of benzene rings is 2. The molecule has 0 radical (unpaired) electrons. The van der Waals surface area contributed by atoms with Crippen LogP contribution in [0.1, 0.15) is 16.7 Å². The van der Waals surface area contributed by atoms with Crippen LogP contribution in [0.2, 0.25) is 0 Å². The maximum Gasteiger partial charge on any atom is 0.416 e. The van der Waals surface area contributed by atoms with E-state index in [2.05, 4.69) is 4.31 Å². The van der Waals surface area contributed by atoms with E-state index >= 15 is 0 Å². The number of carbonyl (C=O) groups is 1. The van der Waals surface area contributed by atoms with Crippen LogP contribution in [0, 0.1) is 0 Å². The molecular formula is C20H19F3N2O2S. The van der Waals surface area contributed by atoms with Crippen LogP contribution in [-0.2, 0) is 23.9 Å². The topological polar surface area (TPSA) is 32.8 Å². The lowest BCUT2D eigenvalue weighted by Crippen LogP contribution is -2.54. The quantitative estimate of drug-likeness (QED) is 0.681. The van der Waals surface area contributed by atoms with E-state index in [9.17, 15) is 18.0 Å². The number of rotatable bonds is 2. The molecule has 0 N–H and O–H groups in total. The van der Waals surface area contributed by atoms with Crippen LogP contribution in [0.15, 0.2) is 53.4 Å². The molecule has 148 valence electrons. The van der Waals surface area contributed by atoms with Gasteiger partial charge in [-0.25, -0.2) is 9.10 Å². The minimum Gasteiger partial charge on any atom is -0.445 e. The maximum atomic E-state index is 12.9. The van der Waals surface area contributed by atoms with Crippen molar-refractivity contribution in [3.8, 4) is 0 Å². The highest BCUT2D eigenvalue weighted by atomic mass is 32.2. The normalized spacial score (nSPS) is 19.7. The highest BCUT2D eigenvalue weighted by Gasteiger charge is 2.37. The summed E-state index contributed by atoms with van der Waals surface area (Å²) in [5.74, 6) is 0. The monoisotopic (exact) mass is 408 g/mol. The molecule has 2 aromatic carbocycles. The molecule has 1 unspecified atom stereocenters. The Morgan fingerprint density at radius 2 is 1.93 bits per heavy atom. The zero-order valence-corrected chi connectivity index (χ0v) is 15.8. The smallest absolute Gasteiger partial charge is 0.416 e. The molecule has 0 bridgehead atoms. The minimum atomic E-state index is -4.34. The van der Waals surface area contributed by atoms with Crippen molar-refractivity contribution in [2.75, 3.05) is 19.6 Å². The number of fused-ring (bicyclic) bond motifs is 2. The van der Waals surface area contributed by atoms with E-state index in [1.165, 1.54) is 18.0 Å². The number of hydrogen-bond donors (Lipinski definition) is 0. The molecule has 0 spiro atoms. The van der Waals surface area contributed by atoms with E-state index < -0.39 is 11.7 Å². The van der Waals surface area contributed by atoms with Crippen LogP contribution < -0.4 is 0 Å². The number of nitrogens with zero attached hydrogens (tertiary/aromatic N) is 2. The Kier molecular flexibility index (Phi) is 5.25. The van der Waals surface area contributed by atoms with Gasteiger partial charge >= 0.3 is 12.3 Å². The molecule has 4 nitrogen and oxygen atoms in total. The number of carbonyl (C=O) groups excluding carboxylic acids is 1. The molecule has 8 heteroatoms. The van der Waals surface area contributed by atoms with E-state index in [0.29, 0.717) is 31.0 Å². The largest absolute Gasteiger partial charge is 0.445 e. The molecule has 28 heavy (non-hydrogen) atoms. The predicted octanol–water partition coefficient (Wildman–Crippen LogP) is 4.59. The Hall–Kier alpha value is -2.19. The first-order valence-corrected chi connectivity index (χ1v) is 9.78. The SMILES string of the molecule is O=C(OCc1ccccc1)N1CCN2Sc3cc(C(F)(F)F)ccc3CC2C1. The minimum absolute atomic E-state index is 0.0623. The second kappa shape index (κ2) is 7.67. The van der Waals surface area contributed by atoms with Crippen LogP contribution in [-0.4, -0.2) is 41.0 Å². The first kappa shape index (κ1) is 19.1. The van der Waals surface area contributed by atoms with Crippen LogP contribution >= 0.6 is 11.9 Å². The third-order valence-corrected chi connectivity index (χ3v) is 6.25. The van der Waals surface area contributed by atoms with Gasteiger partial charge in [-0.2, -0.15) is 13.2 Å². The van der Waals surface area contributed by atoms with Gasteiger partial charge < -0.3 is 9.64 Å². The number of alkyl halides is 3. The summed E-state index contributed by atoms with van der Waals surface area (Å²) in [4.78, 5) is 14.7. The maximum absolute atomic E-state index is 12.9. The molecule has 2 heterocycles. The van der Waals surface area contributed by atoms with Gasteiger partial charge in [-0.05, 0) is 41.6 Å². The van der Waals surface area contributed by atoms with E-state index in [-0.39, 0.29) is 18.7 Å². The Balaban J connectivity index is 1.39. The molecule has 1 fully saturated rings. The summed E-state index contributed by atoms with van der Waals surface area (Å²) in [7, 11) is 0. The number of amides is 1.